The molecule has 1 aliphatic heterocycles. The average molecular weight is 251 g/mol. The standard InChI is InChI=1S/C13H21N3O2/c1-4-11-14-15-12(18-11)8-16-7-10(5-9(2)3)6-13(16)17/h9-10H,4-8H2,1-3H3. The van der Waals surface area contributed by atoms with Gasteiger partial charge in [-0.2, -0.15) is 0 Å². The Hall–Kier alpha value is -1.39. The van der Waals surface area contributed by atoms with E-state index in [0.29, 0.717) is 36.6 Å². The lowest BCUT2D eigenvalue weighted by molar-refractivity contribution is -0.128. The third kappa shape index (κ3) is 3.09. The van der Waals surface area contributed by atoms with Crippen molar-refractivity contribution >= 4 is 5.91 Å². The highest BCUT2D eigenvalue weighted by Gasteiger charge is 2.30. The normalized spacial score (nSPS) is 20.1. The third-order valence-electron chi connectivity index (χ3n) is 3.24. The molecule has 1 atom stereocenters. The Bertz CT molecular complexity index is 414. The van der Waals surface area contributed by atoms with Crippen LogP contribution in [0.25, 0.3) is 0 Å². The Morgan fingerprint density at radius 3 is 2.72 bits per heavy atom. The maximum Gasteiger partial charge on any atom is 0.235 e. The number of likely N-dealkylation sites (tertiary alicyclic amines) is 1. The first-order valence-corrected chi connectivity index (χ1v) is 6.67. The second-order valence-electron chi connectivity index (χ2n) is 5.42. The van der Waals surface area contributed by atoms with Gasteiger partial charge in [-0.05, 0) is 18.3 Å². The zero-order valence-electron chi connectivity index (χ0n) is 11.3. The predicted molar refractivity (Wildman–Crippen MR) is 66.7 cm³/mol. The summed E-state index contributed by atoms with van der Waals surface area (Å²) in [6.45, 7) is 7.63. The molecule has 1 fully saturated rings. The molecule has 5 nitrogen and oxygen atoms in total. The first-order valence-electron chi connectivity index (χ1n) is 6.67. The number of carbonyl (C=O) groups excluding carboxylic acids is 1. The van der Waals surface area contributed by atoms with Gasteiger partial charge in [0.05, 0.1) is 6.54 Å². The van der Waals surface area contributed by atoms with Gasteiger partial charge < -0.3 is 9.32 Å². The van der Waals surface area contributed by atoms with E-state index in [-0.39, 0.29) is 5.91 Å². The first kappa shape index (κ1) is 13.1. The van der Waals surface area contributed by atoms with E-state index in [2.05, 4.69) is 24.0 Å². The minimum absolute atomic E-state index is 0.205. The molecular weight excluding hydrogens is 230 g/mol. The molecule has 0 N–H and O–H groups in total. The van der Waals surface area contributed by atoms with E-state index in [9.17, 15) is 4.79 Å². The van der Waals surface area contributed by atoms with Crippen molar-refractivity contribution in [3.8, 4) is 0 Å². The van der Waals surface area contributed by atoms with Crippen LogP contribution in [0, 0.1) is 11.8 Å². The van der Waals surface area contributed by atoms with Crippen molar-refractivity contribution in [3.63, 3.8) is 0 Å². The van der Waals surface area contributed by atoms with Crippen LogP contribution in [-0.2, 0) is 17.8 Å². The number of nitrogens with zero attached hydrogens (tertiary/aromatic N) is 3. The summed E-state index contributed by atoms with van der Waals surface area (Å²) < 4.78 is 5.44. The van der Waals surface area contributed by atoms with Gasteiger partial charge in [0.1, 0.15) is 0 Å². The second-order valence-corrected chi connectivity index (χ2v) is 5.42. The van der Waals surface area contributed by atoms with Gasteiger partial charge in [-0.25, -0.2) is 0 Å². The number of hydrogen-bond acceptors (Lipinski definition) is 4. The fraction of sp³-hybridized carbons (Fsp3) is 0.769. The fourth-order valence-corrected chi connectivity index (χ4v) is 2.49. The predicted octanol–water partition coefficient (Wildman–Crippen LogP) is 2.03. The van der Waals surface area contributed by atoms with Crippen molar-refractivity contribution in [2.75, 3.05) is 6.54 Å². The molecule has 1 aromatic rings. The molecule has 0 saturated carbocycles. The molecule has 2 heterocycles. The van der Waals surface area contributed by atoms with E-state index >= 15 is 0 Å². The van der Waals surface area contributed by atoms with E-state index in [4.69, 9.17) is 4.42 Å². The van der Waals surface area contributed by atoms with Crippen molar-refractivity contribution in [3.05, 3.63) is 11.8 Å². The highest BCUT2D eigenvalue weighted by atomic mass is 16.4. The van der Waals surface area contributed by atoms with Crippen LogP contribution in [0.4, 0.5) is 0 Å². The quantitative estimate of drug-likeness (QED) is 0.803. The largest absolute Gasteiger partial charge is 0.423 e. The van der Waals surface area contributed by atoms with Crippen LogP contribution in [0.5, 0.6) is 0 Å². The van der Waals surface area contributed by atoms with Crippen LogP contribution < -0.4 is 0 Å². The smallest absolute Gasteiger partial charge is 0.235 e. The summed E-state index contributed by atoms with van der Waals surface area (Å²) in [5.41, 5.74) is 0. The Balaban J connectivity index is 1.91. The van der Waals surface area contributed by atoms with E-state index in [0.717, 1.165) is 19.4 Å². The first-order chi connectivity index (χ1) is 8.58. The van der Waals surface area contributed by atoms with Gasteiger partial charge in [-0.15, -0.1) is 10.2 Å². The summed E-state index contributed by atoms with van der Waals surface area (Å²) in [6, 6.07) is 0. The monoisotopic (exact) mass is 251 g/mol. The molecule has 2 rings (SSSR count). The Morgan fingerprint density at radius 1 is 1.39 bits per heavy atom. The van der Waals surface area contributed by atoms with Crippen molar-refractivity contribution in [2.45, 2.75) is 46.6 Å². The highest BCUT2D eigenvalue weighted by molar-refractivity contribution is 5.78. The molecule has 5 heteroatoms. The number of hydrogen-bond donors (Lipinski definition) is 0. The van der Waals surface area contributed by atoms with Gasteiger partial charge in [-0.1, -0.05) is 20.8 Å². The second kappa shape index (κ2) is 5.50. The summed E-state index contributed by atoms with van der Waals surface area (Å²) >= 11 is 0. The van der Waals surface area contributed by atoms with Crippen LogP contribution in [0.1, 0.15) is 45.4 Å². The molecular formula is C13H21N3O2. The molecule has 1 aromatic heterocycles. The molecule has 1 aliphatic rings. The zero-order chi connectivity index (χ0) is 13.1. The molecule has 0 aromatic carbocycles. The SMILES string of the molecule is CCc1nnc(CN2CC(CC(C)C)CC2=O)o1. The molecule has 1 saturated heterocycles. The number of rotatable bonds is 5. The zero-order valence-corrected chi connectivity index (χ0v) is 11.3. The van der Waals surface area contributed by atoms with Gasteiger partial charge in [0, 0.05) is 19.4 Å². The Kier molecular flexibility index (Phi) is 3.99. The highest BCUT2D eigenvalue weighted by Crippen LogP contribution is 2.25. The summed E-state index contributed by atoms with van der Waals surface area (Å²) in [4.78, 5) is 13.7. The average Bonchev–Trinajstić information content (AvgIpc) is 2.86. The van der Waals surface area contributed by atoms with E-state index in [1.165, 1.54) is 0 Å². The Morgan fingerprint density at radius 2 is 2.11 bits per heavy atom. The summed E-state index contributed by atoms with van der Waals surface area (Å²) in [5.74, 6) is 2.50. The number of aromatic nitrogens is 2. The molecule has 0 spiro atoms. The van der Waals surface area contributed by atoms with E-state index in [1.807, 2.05) is 11.8 Å². The lowest BCUT2D eigenvalue weighted by atomic mass is 9.96. The van der Waals surface area contributed by atoms with Crippen LogP contribution in [0.3, 0.4) is 0 Å². The number of amides is 1. The van der Waals surface area contributed by atoms with Gasteiger partial charge in [0.15, 0.2) is 0 Å². The fourth-order valence-electron chi connectivity index (χ4n) is 2.49. The molecule has 1 amide bonds. The topological polar surface area (TPSA) is 59.2 Å². The van der Waals surface area contributed by atoms with Gasteiger partial charge >= 0.3 is 0 Å². The van der Waals surface area contributed by atoms with Crippen molar-refractivity contribution in [1.29, 1.82) is 0 Å². The van der Waals surface area contributed by atoms with Crippen LogP contribution in [-0.4, -0.2) is 27.5 Å². The van der Waals surface area contributed by atoms with Crippen LogP contribution >= 0.6 is 0 Å². The van der Waals surface area contributed by atoms with E-state index < -0.39 is 0 Å². The lowest BCUT2D eigenvalue weighted by Gasteiger charge is -2.15. The molecule has 0 bridgehead atoms. The minimum Gasteiger partial charge on any atom is -0.423 e. The molecule has 18 heavy (non-hydrogen) atoms. The van der Waals surface area contributed by atoms with E-state index in [1.54, 1.807) is 0 Å². The van der Waals surface area contributed by atoms with Crippen LogP contribution in [0.15, 0.2) is 4.42 Å². The van der Waals surface area contributed by atoms with Crippen molar-refractivity contribution in [2.24, 2.45) is 11.8 Å². The van der Waals surface area contributed by atoms with Crippen molar-refractivity contribution in [1.82, 2.24) is 15.1 Å². The number of aryl methyl sites for hydroxylation is 1. The van der Waals surface area contributed by atoms with Crippen molar-refractivity contribution < 1.29 is 9.21 Å². The van der Waals surface area contributed by atoms with Gasteiger partial charge in [-0.3, -0.25) is 4.79 Å². The summed E-state index contributed by atoms with van der Waals surface area (Å²) in [6.07, 6.45) is 2.50. The molecule has 1 unspecified atom stereocenters. The molecule has 0 aliphatic carbocycles. The lowest BCUT2D eigenvalue weighted by Crippen LogP contribution is -2.24. The third-order valence-corrected chi connectivity index (χ3v) is 3.24. The molecule has 0 radical (unpaired) electrons. The van der Waals surface area contributed by atoms with Gasteiger partial charge in [0.2, 0.25) is 17.7 Å². The number of carbonyl (C=O) groups is 1. The molecule has 100 valence electrons. The maximum absolute atomic E-state index is 11.9. The van der Waals surface area contributed by atoms with Gasteiger partial charge in [0.25, 0.3) is 0 Å². The summed E-state index contributed by atoms with van der Waals surface area (Å²) in [7, 11) is 0. The maximum atomic E-state index is 11.9. The Labute approximate surface area is 108 Å². The summed E-state index contributed by atoms with van der Waals surface area (Å²) in [5, 5.41) is 7.87. The minimum atomic E-state index is 0.205. The van der Waals surface area contributed by atoms with Crippen LogP contribution in [0.2, 0.25) is 0 Å².